The number of rotatable bonds is 5. The van der Waals surface area contributed by atoms with Gasteiger partial charge in [-0.2, -0.15) is 0 Å². The topological polar surface area (TPSA) is 20.3 Å². The maximum Gasteiger partial charge on any atom is 0.211 e. The molecule has 2 nitrogen and oxygen atoms in total. The minimum absolute atomic E-state index is 0.146. The zero-order valence-corrected chi connectivity index (χ0v) is 13.7. The highest BCUT2D eigenvalue weighted by Gasteiger charge is 2.11. The lowest BCUT2D eigenvalue weighted by Gasteiger charge is -2.22. The van der Waals surface area contributed by atoms with Gasteiger partial charge in [0.1, 0.15) is 0 Å². The molecule has 0 N–H and O–H groups in total. The number of halogens is 1. The molecule has 1 aromatic carbocycles. The molecule has 0 aliphatic carbocycles. The molecule has 0 unspecified atom stereocenters. The summed E-state index contributed by atoms with van der Waals surface area (Å²) < 4.78 is 2.00. The molecule has 0 aliphatic heterocycles. The van der Waals surface area contributed by atoms with Crippen LogP contribution in [-0.2, 0) is 0 Å². The molecule has 0 radical (unpaired) electrons. The summed E-state index contributed by atoms with van der Waals surface area (Å²) in [6.07, 6.45) is 2.27. The number of benzene rings is 1. The van der Waals surface area contributed by atoms with Crippen LogP contribution in [0.25, 0.3) is 10.1 Å². The van der Waals surface area contributed by atoms with Crippen molar-refractivity contribution in [3.8, 4) is 0 Å². The Bertz CT molecular complexity index is 623. The molecule has 0 saturated heterocycles. The Morgan fingerprint density at radius 3 is 2.79 bits per heavy atom. The molecule has 0 bridgehead atoms. The molecular formula is C15H18BrNOS. The fourth-order valence-corrected chi connectivity index (χ4v) is 3.39. The molecule has 0 saturated carbocycles. The van der Waals surface area contributed by atoms with E-state index in [1.165, 1.54) is 0 Å². The second kappa shape index (κ2) is 6.53. The number of hydrogen-bond donors (Lipinski definition) is 0. The predicted molar refractivity (Wildman–Crippen MR) is 88.6 cm³/mol. The van der Waals surface area contributed by atoms with E-state index in [9.17, 15) is 4.79 Å². The number of nitrogens with zero attached hydrogens (tertiary/aromatic N) is 1. The first kappa shape index (κ1) is 14.5. The Hall–Kier alpha value is -0.870. The van der Waals surface area contributed by atoms with E-state index in [0.717, 1.165) is 46.2 Å². The Balaban J connectivity index is 2.49. The second-order valence-corrected chi connectivity index (χ2v) is 6.35. The Kier molecular flexibility index (Phi) is 4.99. The van der Waals surface area contributed by atoms with Crippen LogP contribution in [-0.4, -0.2) is 13.1 Å². The van der Waals surface area contributed by atoms with Gasteiger partial charge in [-0.3, -0.25) is 4.79 Å². The van der Waals surface area contributed by atoms with Gasteiger partial charge in [-0.15, -0.1) is 11.3 Å². The van der Waals surface area contributed by atoms with Gasteiger partial charge in [0, 0.05) is 33.0 Å². The molecule has 2 rings (SSSR count). The average molecular weight is 340 g/mol. The van der Waals surface area contributed by atoms with Crippen molar-refractivity contribution >= 4 is 43.0 Å². The first-order chi connectivity index (χ1) is 9.17. The van der Waals surface area contributed by atoms with Gasteiger partial charge in [0.15, 0.2) is 0 Å². The molecule has 0 atom stereocenters. The van der Waals surface area contributed by atoms with Gasteiger partial charge in [0.2, 0.25) is 5.43 Å². The van der Waals surface area contributed by atoms with Crippen molar-refractivity contribution in [3.05, 3.63) is 38.3 Å². The van der Waals surface area contributed by atoms with Crippen molar-refractivity contribution in [2.75, 3.05) is 18.0 Å². The summed E-state index contributed by atoms with van der Waals surface area (Å²) in [4.78, 5) is 14.8. The Morgan fingerprint density at radius 1 is 1.32 bits per heavy atom. The predicted octanol–water partition coefficient (Wildman–Crippen LogP) is 4.65. The van der Waals surface area contributed by atoms with Crippen LogP contribution < -0.4 is 10.3 Å². The van der Waals surface area contributed by atoms with E-state index >= 15 is 0 Å². The van der Waals surface area contributed by atoms with E-state index in [-0.39, 0.29) is 5.43 Å². The summed E-state index contributed by atoms with van der Waals surface area (Å²) in [6.45, 7) is 6.10. The third kappa shape index (κ3) is 3.18. The van der Waals surface area contributed by atoms with Crippen LogP contribution in [0.1, 0.15) is 26.7 Å². The Morgan fingerprint density at radius 2 is 2.11 bits per heavy atom. The molecule has 2 aromatic rings. The van der Waals surface area contributed by atoms with Crippen molar-refractivity contribution in [2.24, 2.45) is 0 Å². The van der Waals surface area contributed by atoms with Crippen molar-refractivity contribution in [3.63, 3.8) is 0 Å². The highest BCUT2D eigenvalue weighted by molar-refractivity contribution is 9.10. The summed E-state index contributed by atoms with van der Waals surface area (Å²) in [6, 6.07) is 5.90. The van der Waals surface area contributed by atoms with Gasteiger partial charge in [0.05, 0.1) is 5.69 Å². The van der Waals surface area contributed by atoms with Crippen molar-refractivity contribution in [1.29, 1.82) is 0 Å². The highest BCUT2D eigenvalue weighted by Crippen LogP contribution is 2.24. The molecule has 0 spiro atoms. The molecule has 0 aliphatic rings. The fourth-order valence-electron chi connectivity index (χ4n) is 2.11. The standard InChI is InChI=1S/C15H18BrNOS/c1-3-5-8-17(4-2)13-10-19-14-7-6-11(16)9-12(14)15(13)18/h6-7,9-10H,3-5,8H2,1-2H3. The van der Waals surface area contributed by atoms with Gasteiger partial charge in [-0.1, -0.05) is 29.3 Å². The molecule has 102 valence electrons. The molecular weight excluding hydrogens is 322 g/mol. The van der Waals surface area contributed by atoms with E-state index in [0.29, 0.717) is 0 Å². The van der Waals surface area contributed by atoms with Gasteiger partial charge >= 0.3 is 0 Å². The Labute approximate surface area is 126 Å². The number of fused-ring (bicyclic) bond motifs is 1. The lowest BCUT2D eigenvalue weighted by Crippen LogP contribution is -2.28. The maximum atomic E-state index is 12.6. The smallest absolute Gasteiger partial charge is 0.211 e. The molecule has 1 aromatic heterocycles. The molecule has 19 heavy (non-hydrogen) atoms. The van der Waals surface area contributed by atoms with Gasteiger partial charge < -0.3 is 4.90 Å². The van der Waals surface area contributed by atoms with Crippen LogP contribution in [0.2, 0.25) is 0 Å². The number of unbranched alkanes of at least 4 members (excludes halogenated alkanes) is 1. The van der Waals surface area contributed by atoms with E-state index in [4.69, 9.17) is 0 Å². The van der Waals surface area contributed by atoms with Crippen LogP contribution in [0, 0.1) is 0 Å². The summed E-state index contributed by atoms with van der Waals surface area (Å²) >= 11 is 5.08. The summed E-state index contributed by atoms with van der Waals surface area (Å²) in [7, 11) is 0. The minimum atomic E-state index is 0.146. The first-order valence-electron chi connectivity index (χ1n) is 6.63. The van der Waals surface area contributed by atoms with E-state index in [1.54, 1.807) is 11.3 Å². The first-order valence-corrected chi connectivity index (χ1v) is 8.30. The lowest BCUT2D eigenvalue weighted by molar-refractivity contribution is 0.731. The number of anilines is 1. The quantitative estimate of drug-likeness (QED) is 0.790. The van der Waals surface area contributed by atoms with Crippen LogP contribution >= 0.6 is 27.3 Å². The van der Waals surface area contributed by atoms with E-state index in [1.807, 2.05) is 23.6 Å². The maximum absolute atomic E-state index is 12.6. The van der Waals surface area contributed by atoms with Crippen LogP contribution in [0.4, 0.5) is 5.69 Å². The normalized spacial score (nSPS) is 10.9. The minimum Gasteiger partial charge on any atom is -0.368 e. The summed E-state index contributed by atoms with van der Waals surface area (Å²) in [5, 5.41) is 2.81. The van der Waals surface area contributed by atoms with Crippen molar-refractivity contribution in [2.45, 2.75) is 26.7 Å². The largest absolute Gasteiger partial charge is 0.368 e. The molecule has 0 fully saturated rings. The fraction of sp³-hybridized carbons (Fsp3) is 0.400. The third-order valence-corrected chi connectivity index (χ3v) is 4.66. The summed E-state index contributed by atoms with van der Waals surface area (Å²) in [5.41, 5.74) is 0.986. The van der Waals surface area contributed by atoms with E-state index in [2.05, 4.69) is 34.7 Å². The van der Waals surface area contributed by atoms with Gasteiger partial charge in [0.25, 0.3) is 0 Å². The molecule has 1 heterocycles. The SMILES string of the molecule is CCCCN(CC)c1csc2ccc(Br)cc2c1=O. The highest BCUT2D eigenvalue weighted by atomic mass is 79.9. The zero-order chi connectivity index (χ0) is 13.8. The monoisotopic (exact) mass is 339 g/mol. The number of hydrogen-bond acceptors (Lipinski definition) is 3. The molecule has 4 heteroatoms. The average Bonchev–Trinajstić information content (AvgIpc) is 2.42. The third-order valence-electron chi connectivity index (χ3n) is 3.22. The summed E-state index contributed by atoms with van der Waals surface area (Å²) in [5.74, 6) is 0. The van der Waals surface area contributed by atoms with Gasteiger partial charge in [-0.05, 0) is 31.5 Å². The molecule has 0 amide bonds. The van der Waals surface area contributed by atoms with Crippen LogP contribution in [0.5, 0.6) is 0 Å². The van der Waals surface area contributed by atoms with Crippen molar-refractivity contribution < 1.29 is 0 Å². The van der Waals surface area contributed by atoms with E-state index < -0.39 is 0 Å². The van der Waals surface area contributed by atoms with Crippen molar-refractivity contribution in [1.82, 2.24) is 0 Å². The van der Waals surface area contributed by atoms with Crippen LogP contribution in [0.3, 0.4) is 0 Å². The van der Waals surface area contributed by atoms with Crippen LogP contribution in [0.15, 0.2) is 32.8 Å². The second-order valence-electron chi connectivity index (χ2n) is 4.52. The van der Waals surface area contributed by atoms with Gasteiger partial charge in [-0.25, -0.2) is 0 Å². The lowest BCUT2D eigenvalue weighted by atomic mass is 10.2. The zero-order valence-electron chi connectivity index (χ0n) is 11.3.